The molecule has 1 amide bonds. The summed E-state index contributed by atoms with van der Waals surface area (Å²) in [6, 6.07) is 17.3. The first-order valence-electron chi connectivity index (χ1n) is 8.30. The highest BCUT2D eigenvalue weighted by Gasteiger charge is 2.11. The van der Waals surface area contributed by atoms with E-state index in [2.05, 4.69) is 32.7 Å². The van der Waals surface area contributed by atoms with Crippen LogP contribution in [0.15, 0.2) is 60.7 Å². The van der Waals surface area contributed by atoms with Crippen LogP contribution in [-0.4, -0.2) is 22.4 Å². The molecule has 1 heterocycles. The Morgan fingerprint density at radius 3 is 2.50 bits per heavy atom. The van der Waals surface area contributed by atoms with Crippen LogP contribution >= 0.6 is 0 Å². The summed E-state index contributed by atoms with van der Waals surface area (Å²) in [4.78, 5) is 21.0. The van der Waals surface area contributed by atoms with Crippen molar-refractivity contribution in [3.05, 3.63) is 83.4 Å². The van der Waals surface area contributed by atoms with Crippen LogP contribution in [0.3, 0.4) is 0 Å². The van der Waals surface area contributed by atoms with Crippen molar-refractivity contribution < 1.29 is 9.18 Å². The molecule has 3 aromatic rings. The van der Waals surface area contributed by atoms with Crippen molar-refractivity contribution in [1.82, 2.24) is 9.97 Å². The quantitative estimate of drug-likeness (QED) is 0.709. The molecule has 2 N–H and O–H groups in total. The Balaban J connectivity index is 1.64. The number of nitrogens with one attached hydrogen (secondary N) is 2. The number of anilines is 2. The first kappa shape index (κ1) is 17.5. The summed E-state index contributed by atoms with van der Waals surface area (Å²) in [7, 11) is 0. The summed E-state index contributed by atoms with van der Waals surface area (Å²) in [5.74, 6) is -0.316. The predicted molar refractivity (Wildman–Crippen MR) is 99.8 cm³/mol. The third kappa shape index (κ3) is 4.86. The molecule has 0 fully saturated rings. The zero-order valence-electron chi connectivity index (χ0n) is 14.4. The van der Waals surface area contributed by atoms with E-state index >= 15 is 0 Å². The Bertz CT molecular complexity index is 882. The van der Waals surface area contributed by atoms with E-state index in [-0.39, 0.29) is 17.4 Å². The first-order chi connectivity index (χ1) is 12.6. The number of hydrogen-bond acceptors (Lipinski definition) is 4. The molecule has 0 aliphatic carbocycles. The fraction of sp³-hybridized carbons (Fsp3) is 0.150. The molecule has 0 saturated heterocycles. The fourth-order valence-electron chi connectivity index (χ4n) is 2.46. The first-order valence-corrected chi connectivity index (χ1v) is 8.30. The molecule has 6 heteroatoms. The maximum absolute atomic E-state index is 13.0. The summed E-state index contributed by atoms with van der Waals surface area (Å²) in [6.45, 7) is 2.46. The van der Waals surface area contributed by atoms with Gasteiger partial charge in [-0.3, -0.25) is 4.79 Å². The van der Waals surface area contributed by atoms with E-state index in [4.69, 9.17) is 0 Å². The molecule has 5 nitrogen and oxygen atoms in total. The number of carbonyl (C=O) groups excluding carboxylic acids is 1. The predicted octanol–water partition coefficient (Wildman–Crippen LogP) is 3.83. The molecule has 3 rings (SSSR count). The van der Waals surface area contributed by atoms with Gasteiger partial charge in [0.2, 0.25) is 5.95 Å². The third-order valence-corrected chi connectivity index (χ3v) is 3.73. The van der Waals surface area contributed by atoms with Gasteiger partial charge in [0.25, 0.3) is 5.91 Å². The number of nitrogens with zero attached hydrogens (tertiary/aromatic N) is 2. The summed E-state index contributed by atoms with van der Waals surface area (Å²) in [5.41, 5.74) is 2.66. The van der Waals surface area contributed by atoms with Crippen LogP contribution < -0.4 is 10.6 Å². The zero-order chi connectivity index (χ0) is 18.4. The van der Waals surface area contributed by atoms with Crippen LogP contribution in [0.4, 0.5) is 16.0 Å². The second-order valence-electron chi connectivity index (χ2n) is 5.84. The number of rotatable bonds is 6. The molecule has 0 bridgehead atoms. The van der Waals surface area contributed by atoms with E-state index in [1.807, 2.05) is 18.2 Å². The molecule has 0 atom stereocenters. The Morgan fingerprint density at radius 1 is 1.04 bits per heavy atom. The molecule has 0 saturated carbocycles. The van der Waals surface area contributed by atoms with Crippen LogP contribution in [0.2, 0.25) is 0 Å². The lowest BCUT2D eigenvalue weighted by Gasteiger charge is -2.09. The van der Waals surface area contributed by atoms with Gasteiger partial charge in [0.15, 0.2) is 0 Å². The summed E-state index contributed by atoms with van der Waals surface area (Å²) < 4.78 is 13.0. The van der Waals surface area contributed by atoms with Crippen LogP contribution in [-0.2, 0) is 6.42 Å². The van der Waals surface area contributed by atoms with Gasteiger partial charge in [0.1, 0.15) is 11.5 Å². The minimum atomic E-state index is -0.367. The smallest absolute Gasteiger partial charge is 0.274 e. The largest absolute Gasteiger partial charge is 0.354 e. The monoisotopic (exact) mass is 350 g/mol. The fourth-order valence-corrected chi connectivity index (χ4v) is 2.46. The normalized spacial score (nSPS) is 10.4. The molecular weight excluding hydrogens is 331 g/mol. The highest BCUT2D eigenvalue weighted by atomic mass is 19.1. The Kier molecular flexibility index (Phi) is 5.53. The molecule has 2 aromatic carbocycles. The SMILES string of the molecule is Cc1cc(C(=O)Nc2ccc(F)cc2)nc(NCCc2ccccc2)n1. The van der Waals surface area contributed by atoms with Crippen molar-refractivity contribution in [3.8, 4) is 0 Å². The maximum Gasteiger partial charge on any atom is 0.274 e. The van der Waals surface area contributed by atoms with Crippen LogP contribution in [0.1, 0.15) is 21.7 Å². The summed E-state index contributed by atoms with van der Waals surface area (Å²) in [5, 5.41) is 5.85. The number of aromatic nitrogens is 2. The minimum absolute atomic E-state index is 0.254. The van der Waals surface area contributed by atoms with Crippen molar-refractivity contribution in [2.75, 3.05) is 17.2 Å². The van der Waals surface area contributed by atoms with Crippen LogP contribution in [0, 0.1) is 12.7 Å². The Morgan fingerprint density at radius 2 is 1.77 bits per heavy atom. The van der Waals surface area contributed by atoms with Gasteiger partial charge < -0.3 is 10.6 Å². The lowest BCUT2D eigenvalue weighted by molar-refractivity contribution is 0.102. The van der Waals surface area contributed by atoms with Crippen molar-refractivity contribution in [3.63, 3.8) is 0 Å². The van der Waals surface area contributed by atoms with Gasteiger partial charge >= 0.3 is 0 Å². The molecule has 0 radical (unpaired) electrons. The second kappa shape index (κ2) is 8.20. The van der Waals surface area contributed by atoms with Gasteiger partial charge in [-0.25, -0.2) is 14.4 Å². The standard InChI is InChI=1S/C20H19FN4O/c1-14-13-18(19(26)24-17-9-7-16(21)8-10-17)25-20(23-14)22-12-11-15-5-3-2-4-6-15/h2-10,13H,11-12H2,1H3,(H,24,26)(H,22,23,25). The van der Waals surface area contributed by atoms with E-state index in [9.17, 15) is 9.18 Å². The average molecular weight is 350 g/mol. The molecular formula is C20H19FN4O. The van der Waals surface area contributed by atoms with Crippen molar-refractivity contribution in [1.29, 1.82) is 0 Å². The van der Waals surface area contributed by atoms with Gasteiger partial charge in [-0.05, 0) is 49.2 Å². The molecule has 0 spiro atoms. The highest BCUT2D eigenvalue weighted by Crippen LogP contribution is 2.11. The molecule has 1 aromatic heterocycles. The maximum atomic E-state index is 13.0. The van der Waals surface area contributed by atoms with E-state index in [1.165, 1.54) is 29.8 Å². The number of amides is 1. The van der Waals surface area contributed by atoms with Gasteiger partial charge in [-0.15, -0.1) is 0 Å². The molecule has 132 valence electrons. The van der Waals surface area contributed by atoms with Crippen LogP contribution in [0.25, 0.3) is 0 Å². The summed E-state index contributed by atoms with van der Waals surface area (Å²) >= 11 is 0. The van der Waals surface area contributed by atoms with Crippen molar-refractivity contribution in [2.24, 2.45) is 0 Å². The van der Waals surface area contributed by atoms with Crippen molar-refractivity contribution in [2.45, 2.75) is 13.3 Å². The Hall–Kier alpha value is -3.28. The minimum Gasteiger partial charge on any atom is -0.354 e. The zero-order valence-corrected chi connectivity index (χ0v) is 14.4. The van der Waals surface area contributed by atoms with E-state index in [0.717, 1.165) is 6.42 Å². The van der Waals surface area contributed by atoms with Gasteiger partial charge in [0.05, 0.1) is 0 Å². The molecule has 26 heavy (non-hydrogen) atoms. The van der Waals surface area contributed by atoms with Gasteiger partial charge in [-0.2, -0.15) is 0 Å². The van der Waals surface area contributed by atoms with Gasteiger partial charge in [0, 0.05) is 17.9 Å². The number of carbonyl (C=O) groups is 1. The Labute approximate surface area is 151 Å². The average Bonchev–Trinajstić information content (AvgIpc) is 2.64. The molecule has 0 aliphatic rings. The summed E-state index contributed by atoms with van der Waals surface area (Å²) in [6.07, 6.45) is 0.829. The highest BCUT2D eigenvalue weighted by molar-refractivity contribution is 6.03. The lowest BCUT2D eigenvalue weighted by atomic mass is 10.1. The van der Waals surface area contributed by atoms with E-state index in [1.54, 1.807) is 13.0 Å². The molecule has 0 aliphatic heterocycles. The van der Waals surface area contributed by atoms with Crippen LogP contribution in [0.5, 0.6) is 0 Å². The molecule has 0 unspecified atom stereocenters. The number of hydrogen-bond donors (Lipinski definition) is 2. The lowest BCUT2D eigenvalue weighted by Crippen LogP contribution is -2.16. The number of halogens is 1. The van der Waals surface area contributed by atoms with E-state index in [0.29, 0.717) is 23.9 Å². The topological polar surface area (TPSA) is 66.9 Å². The van der Waals surface area contributed by atoms with Gasteiger partial charge in [-0.1, -0.05) is 30.3 Å². The van der Waals surface area contributed by atoms with Crippen molar-refractivity contribution >= 4 is 17.5 Å². The number of aryl methyl sites for hydroxylation is 1. The second-order valence-corrected chi connectivity index (χ2v) is 5.84. The number of benzene rings is 2. The van der Waals surface area contributed by atoms with E-state index < -0.39 is 0 Å². The third-order valence-electron chi connectivity index (χ3n) is 3.73.